The highest BCUT2D eigenvalue weighted by Crippen LogP contribution is 2.31. The number of likely N-dealkylation sites (N-methyl/N-ethyl adjacent to an activating group) is 1. The second-order valence-corrected chi connectivity index (χ2v) is 7.45. The van der Waals surface area contributed by atoms with Crippen molar-refractivity contribution in [1.82, 2.24) is 9.88 Å². The number of amides is 1. The van der Waals surface area contributed by atoms with Crippen molar-refractivity contribution in [3.8, 4) is 11.3 Å². The molecule has 1 aromatic heterocycles. The van der Waals surface area contributed by atoms with E-state index in [0.29, 0.717) is 6.42 Å². The van der Waals surface area contributed by atoms with Gasteiger partial charge in [-0.25, -0.2) is 4.98 Å². The standard InChI is InChI=1S/C24H28N4O/c1-3-23(29)25-20-11-9-18(10-12-20)22-17-19-7-5-6-8-21(19)24(26-22)28-15-13-27(4-2)14-16-28/h5-12,17H,3-4,13-16H2,1-2H3,(H,25,29). The van der Waals surface area contributed by atoms with Crippen molar-refractivity contribution in [2.24, 2.45) is 0 Å². The fourth-order valence-electron chi connectivity index (χ4n) is 3.82. The number of nitrogens with zero attached hydrogens (tertiary/aromatic N) is 3. The molecule has 2 aromatic carbocycles. The number of hydrogen-bond donors (Lipinski definition) is 1. The lowest BCUT2D eigenvalue weighted by molar-refractivity contribution is -0.115. The van der Waals surface area contributed by atoms with Gasteiger partial charge in [0.1, 0.15) is 5.82 Å². The Morgan fingerprint density at radius 1 is 1.00 bits per heavy atom. The lowest BCUT2D eigenvalue weighted by Crippen LogP contribution is -2.46. The Bertz CT molecular complexity index is 991. The molecule has 5 nitrogen and oxygen atoms in total. The molecule has 5 heteroatoms. The fraction of sp³-hybridized carbons (Fsp3) is 0.333. The highest BCUT2D eigenvalue weighted by atomic mass is 16.1. The van der Waals surface area contributed by atoms with Crippen molar-refractivity contribution in [3.05, 3.63) is 54.6 Å². The number of hydrogen-bond acceptors (Lipinski definition) is 4. The maximum Gasteiger partial charge on any atom is 0.224 e. The first-order valence-electron chi connectivity index (χ1n) is 10.4. The third-order valence-corrected chi connectivity index (χ3v) is 5.62. The molecule has 1 aliphatic rings. The van der Waals surface area contributed by atoms with Gasteiger partial charge in [0, 0.05) is 49.2 Å². The summed E-state index contributed by atoms with van der Waals surface area (Å²) in [4.78, 5) is 21.6. The van der Waals surface area contributed by atoms with E-state index in [1.807, 2.05) is 31.2 Å². The molecule has 0 radical (unpaired) electrons. The van der Waals surface area contributed by atoms with Crippen molar-refractivity contribution < 1.29 is 4.79 Å². The quantitative estimate of drug-likeness (QED) is 0.704. The van der Waals surface area contributed by atoms with Crippen LogP contribution in [0.4, 0.5) is 11.5 Å². The molecule has 1 aliphatic heterocycles. The minimum atomic E-state index is 0.0232. The van der Waals surface area contributed by atoms with E-state index in [1.165, 1.54) is 10.8 Å². The molecule has 1 N–H and O–H groups in total. The summed E-state index contributed by atoms with van der Waals surface area (Å²) in [5.74, 6) is 1.09. The highest BCUT2D eigenvalue weighted by Gasteiger charge is 2.19. The van der Waals surface area contributed by atoms with E-state index < -0.39 is 0 Å². The number of nitrogens with one attached hydrogen (secondary N) is 1. The van der Waals surface area contributed by atoms with Crippen LogP contribution in [0.5, 0.6) is 0 Å². The molecule has 0 saturated carbocycles. The van der Waals surface area contributed by atoms with Crippen LogP contribution in [-0.4, -0.2) is 48.5 Å². The monoisotopic (exact) mass is 388 g/mol. The topological polar surface area (TPSA) is 48.5 Å². The molecular weight excluding hydrogens is 360 g/mol. The second-order valence-electron chi connectivity index (χ2n) is 7.45. The molecular formula is C24H28N4O. The van der Waals surface area contributed by atoms with Crippen LogP contribution in [0.3, 0.4) is 0 Å². The minimum Gasteiger partial charge on any atom is -0.354 e. The van der Waals surface area contributed by atoms with Crippen LogP contribution in [0, 0.1) is 0 Å². The predicted molar refractivity (Wildman–Crippen MR) is 120 cm³/mol. The van der Waals surface area contributed by atoms with Crippen molar-refractivity contribution in [2.45, 2.75) is 20.3 Å². The van der Waals surface area contributed by atoms with E-state index in [9.17, 15) is 4.79 Å². The molecule has 150 valence electrons. The summed E-state index contributed by atoms with van der Waals surface area (Å²) < 4.78 is 0. The Morgan fingerprint density at radius 2 is 1.72 bits per heavy atom. The third-order valence-electron chi connectivity index (χ3n) is 5.62. The van der Waals surface area contributed by atoms with Gasteiger partial charge < -0.3 is 15.1 Å². The van der Waals surface area contributed by atoms with Crippen molar-refractivity contribution >= 4 is 28.2 Å². The van der Waals surface area contributed by atoms with E-state index >= 15 is 0 Å². The average Bonchev–Trinajstić information content (AvgIpc) is 2.79. The van der Waals surface area contributed by atoms with Crippen LogP contribution in [0.1, 0.15) is 20.3 Å². The molecule has 0 unspecified atom stereocenters. The van der Waals surface area contributed by atoms with E-state index in [1.54, 1.807) is 0 Å². The summed E-state index contributed by atoms with van der Waals surface area (Å²) in [5, 5.41) is 5.30. The van der Waals surface area contributed by atoms with Gasteiger partial charge in [-0.1, -0.05) is 50.2 Å². The van der Waals surface area contributed by atoms with Crippen LogP contribution >= 0.6 is 0 Å². The summed E-state index contributed by atoms with van der Waals surface area (Å²) in [7, 11) is 0. The van der Waals surface area contributed by atoms with Crippen molar-refractivity contribution in [2.75, 3.05) is 42.9 Å². The minimum absolute atomic E-state index is 0.0232. The molecule has 0 aliphatic carbocycles. The van der Waals surface area contributed by atoms with Gasteiger partial charge in [0.25, 0.3) is 0 Å². The van der Waals surface area contributed by atoms with E-state index in [0.717, 1.165) is 55.5 Å². The van der Waals surface area contributed by atoms with Crippen LogP contribution in [0.2, 0.25) is 0 Å². The maximum absolute atomic E-state index is 11.6. The lowest BCUT2D eigenvalue weighted by Gasteiger charge is -2.35. The molecule has 2 heterocycles. The molecule has 1 saturated heterocycles. The number of carbonyl (C=O) groups is 1. The molecule has 0 spiro atoms. The smallest absolute Gasteiger partial charge is 0.224 e. The van der Waals surface area contributed by atoms with Gasteiger partial charge in [-0.3, -0.25) is 4.79 Å². The zero-order valence-electron chi connectivity index (χ0n) is 17.2. The number of aromatic nitrogens is 1. The lowest BCUT2D eigenvalue weighted by atomic mass is 10.1. The summed E-state index contributed by atoms with van der Waals surface area (Å²) in [6.07, 6.45) is 0.475. The van der Waals surface area contributed by atoms with Crippen LogP contribution in [-0.2, 0) is 4.79 Å². The Hall–Kier alpha value is -2.92. The summed E-state index contributed by atoms with van der Waals surface area (Å²) in [6, 6.07) is 18.6. The Labute approximate surface area is 172 Å². The zero-order chi connectivity index (χ0) is 20.2. The van der Waals surface area contributed by atoms with Gasteiger partial charge in [-0.2, -0.15) is 0 Å². The van der Waals surface area contributed by atoms with Gasteiger partial charge in [0.05, 0.1) is 5.69 Å². The summed E-state index contributed by atoms with van der Waals surface area (Å²) in [5.41, 5.74) is 2.83. The molecule has 1 amide bonds. The SMILES string of the molecule is CCC(=O)Nc1ccc(-c2cc3ccccc3c(N3CCN(CC)CC3)n2)cc1. The zero-order valence-corrected chi connectivity index (χ0v) is 17.2. The fourth-order valence-corrected chi connectivity index (χ4v) is 3.82. The number of fused-ring (bicyclic) bond motifs is 1. The van der Waals surface area contributed by atoms with Crippen molar-refractivity contribution in [1.29, 1.82) is 0 Å². The van der Waals surface area contributed by atoms with E-state index in [2.05, 4.69) is 52.4 Å². The number of benzene rings is 2. The highest BCUT2D eigenvalue weighted by molar-refractivity contribution is 5.95. The van der Waals surface area contributed by atoms with E-state index in [4.69, 9.17) is 4.98 Å². The van der Waals surface area contributed by atoms with Gasteiger partial charge in [0.2, 0.25) is 5.91 Å². The third kappa shape index (κ3) is 4.25. The number of pyridine rings is 1. The van der Waals surface area contributed by atoms with Gasteiger partial charge in [-0.15, -0.1) is 0 Å². The first-order chi connectivity index (χ1) is 14.2. The molecule has 0 bridgehead atoms. The molecule has 3 aromatic rings. The van der Waals surface area contributed by atoms with E-state index in [-0.39, 0.29) is 5.91 Å². The van der Waals surface area contributed by atoms with Gasteiger partial charge in [-0.05, 0) is 30.1 Å². The predicted octanol–water partition coefficient (Wildman–Crippen LogP) is 4.39. The Kier molecular flexibility index (Phi) is 5.76. The maximum atomic E-state index is 11.6. The first kappa shape index (κ1) is 19.4. The molecule has 0 atom stereocenters. The summed E-state index contributed by atoms with van der Waals surface area (Å²) >= 11 is 0. The number of carbonyl (C=O) groups excluding carboxylic acids is 1. The number of anilines is 2. The number of piperazine rings is 1. The average molecular weight is 389 g/mol. The largest absolute Gasteiger partial charge is 0.354 e. The summed E-state index contributed by atoms with van der Waals surface area (Å²) in [6.45, 7) is 9.31. The van der Waals surface area contributed by atoms with Crippen LogP contribution in [0.15, 0.2) is 54.6 Å². The Morgan fingerprint density at radius 3 is 2.41 bits per heavy atom. The van der Waals surface area contributed by atoms with Gasteiger partial charge in [0.15, 0.2) is 0 Å². The van der Waals surface area contributed by atoms with Crippen LogP contribution in [0.25, 0.3) is 22.0 Å². The number of rotatable bonds is 5. The first-order valence-corrected chi connectivity index (χ1v) is 10.4. The normalized spacial score (nSPS) is 14.9. The van der Waals surface area contributed by atoms with Crippen molar-refractivity contribution in [3.63, 3.8) is 0 Å². The second kappa shape index (κ2) is 8.62. The molecule has 29 heavy (non-hydrogen) atoms. The Balaban J connectivity index is 1.68. The van der Waals surface area contributed by atoms with Gasteiger partial charge >= 0.3 is 0 Å². The molecule has 4 rings (SSSR count). The van der Waals surface area contributed by atoms with Crippen LogP contribution < -0.4 is 10.2 Å². The molecule has 1 fully saturated rings.